The first kappa shape index (κ1) is 8.95. The lowest BCUT2D eigenvalue weighted by atomic mass is 10.2. The molecule has 0 aliphatic heterocycles. The van der Waals surface area contributed by atoms with Gasteiger partial charge in [-0.15, -0.1) is 0 Å². The topological polar surface area (TPSA) is 26.3 Å². The normalized spacial score (nSPS) is 9.80. The number of ether oxygens (including phenoxy) is 1. The summed E-state index contributed by atoms with van der Waals surface area (Å²) in [6.07, 6.45) is 4.42. The Morgan fingerprint density at radius 1 is 1.70 bits per heavy atom. The number of rotatable bonds is 3. The lowest BCUT2D eigenvalue weighted by molar-refractivity contribution is -0.135. The van der Waals surface area contributed by atoms with Crippen molar-refractivity contribution >= 4 is 5.97 Å². The van der Waals surface area contributed by atoms with Crippen molar-refractivity contribution in [3.05, 3.63) is 24.3 Å². The highest BCUT2D eigenvalue weighted by atomic mass is 16.5. The first-order valence-corrected chi connectivity index (χ1v) is 3.16. The molecule has 0 atom stereocenters. The highest BCUT2D eigenvalue weighted by Gasteiger charge is 1.99. The van der Waals surface area contributed by atoms with Gasteiger partial charge in [0.25, 0.3) is 0 Å². The molecular weight excluding hydrogens is 128 g/mol. The van der Waals surface area contributed by atoms with Gasteiger partial charge in [0.15, 0.2) is 0 Å². The van der Waals surface area contributed by atoms with Crippen LogP contribution < -0.4 is 0 Å². The van der Waals surface area contributed by atoms with Crippen LogP contribution in [0.5, 0.6) is 0 Å². The molecule has 0 aromatic carbocycles. The minimum atomic E-state index is -0.371. The standard InChI is InChI=1S/C8H12O2/c1-4-5-6-7(2)8(9)10-3/h5-6H,2,4H2,1,3H3/b6-5+. The summed E-state index contributed by atoms with van der Waals surface area (Å²) in [7, 11) is 1.34. The summed E-state index contributed by atoms with van der Waals surface area (Å²) in [5, 5.41) is 0. The van der Waals surface area contributed by atoms with Gasteiger partial charge in [0.2, 0.25) is 0 Å². The van der Waals surface area contributed by atoms with Crippen LogP contribution in [0.3, 0.4) is 0 Å². The van der Waals surface area contributed by atoms with Crippen molar-refractivity contribution in [2.75, 3.05) is 7.11 Å². The zero-order valence-corrected chi connectivity index (χ0v) is 6.39. The predicted molar refractivity (Wildman–Crippen MR) is 40.6 cm³/mol. The van der Waals surface area contributed by atoms with Gasteiger partial charge in [-0.3, -0.25) is 0 Å². The van der Waals surface area contributed by atoms with Gasteiger partial charge in [-0.1, -0.05) is 25.7 Å². The number of carbonyl (C=O) groups excluding carboxylic acids is 1. The number of esters is 1. The molecule has 2 heteroatoms. The second-order valence-electron chi connectivity index (χ2n) is 1.83. The second kappa shape index (κ2) is 4.79. The van der Waals surface area contributed by atoms with E-state index in [0.29, 0.717) is 5.57 Å². The maximum absolute atomic E-state index is 10.6. The van der Waals surface area contributed by atoms with E-state index in [1.54, 1.807) is 6.08 Å². The molecule has 0 radical (unpaired) electrons. The molecule has 0 saturated carbocycles. The first-order chi connectivity index (χ1) is 4.72. The highest BCUT2D eigenvalue weighted by Crippen LogP contribution is 1.95. The van der Waals surface area contributed by atoms with Crippen LogP contribution in [0.1, 0.15) is 13.3 Å². The fourth-order valence-corrected chi connectivity index (χ4v) is 0.459. The van der Waals surface area contributed by atoms with Crippen molar-refractivity contribution < 1.29 is 9.53 Å². The summed E-state index contributed by atoms with van der Waals surface area (Å²) in [6, 6.07) is 0. The molecule has 0 rings (SSSR count). The van der Waals surface area contributed by atoms with E-state index in [9.17, 15) is 4.79 Å². The van der Waals surface area contributed by atoms with E-state index >= 15 is 0 Å². The molecular formula is C8H12O2. The minimum Gasteiger partial charge on any atom is -0.465 e. The zero-order chi connectivity index (χ0) is 7.98. The van der Waals surface area contributed by atoms with E-state index in [4.69, 9.17) is 0 Å². The number of allylic oxidation sites excluding steroid dienone is 1. The Kier molecular flexibility index (Phi) is 4.29. The Morgan fingerprint density at radius 3 is 2.70 bits per heavy atom. The lowest BCUT2D eigenvalue weighted by Crippen LogP contribution is -2.00. The third-order valence-electron chi connectivity index (χ3n) is 1.00. The Bertz CT molecular complexity index is 157. The van der Waals surface area contributed by atoms with E-state index < -0.39 is 0 Å². The summed E-state index contributed by atoms with van der Waals surface area (Å²) in [6.45, 7) is 5.49. The molecule has 0 aliphatic carbocycles. The Morgan fingerprint density at radius 2 is 2.30 bits per heavy atom. The molecule has 2 nitrogen and oxygen atoms in total. The Labute approximate surface area is 61.2 Å². The molecule has 56 valence electrons. The Hall–Kier alpha value is -1.05. The van der Waals surface area contributed by atoms with Gasteiger partial charge in [-0.05, 0) is 6.42 Å². The molecule has 0 aromatic heterocycles. The van der Waals surface area contributed by atoms with Gasteiger partial charge in [0.1, 0.15) is 0 Å². The quantitative estimate of drug-likeness (QED) is 0.338. The second-order valence-corrected chi connectivity index (χ2v) is 1.83. The maximum atomic E-state index is 10.6. The number of methoxy groups -OCH3 is 1. The number of carbonyl (C=O) groups is 1. The molecule has 0 bridgehead atoms. The van der Waals surface area contributed by atoms with E-state index in [-0.39, 0.29) is 5.97 Å². The van der Waals surface area contributed by atoms with Crippen molar-refractivity contribution in [2.45, 2.75) is 13.3 Å². The van der Waals surface area contributed by atoms with Crippen molar-refractivity contribution in [1.29, 1.82) is 0 Å². The largest absolute Gasteiger partial charge is 0.465 e. The van der Waals surface area contributed by atoms with Crippen LogP contribution in [0.4, 0.5) is 0 Å². The maximum Gasteiger partial charge on any atom is 0.337 e. The molecule has 0 saturated heterocycles. The van der Waals surface area contributed by atoms with Crippen molar-refractivity contribution in [3.8, 4) is 0 Å². The molecule has 0 heterocycles. The van der Waals surface area contributed by atoms with E-state index in [1.165, 1.54) is 7.11 Å². The van der Waals surface area contributed by atoms with Crippen LogP contribution >= 0.6 is 0 Å². The van der Waals surface area contributed by atoms with Gasteiger partial charge in [0, 0.05) is 0 Å². The van der Waals surface area contributed by atoms with Gasteiger partial charge in [0.05, 0.1) is 12.7 Å². The third-order valence-corrected chi connectivity index (χ3v) is 1.00. The smallest absolute Gasteiger partial charge is 0.337 e. The van der Waals surface area contributed by atoms with E-state index in [1.807, 2.05) is 13.0 Å². The molecule has 0 fully saturated rings. The van der Waals surface area contributed by atoms with Crippen LogP contribution in [0, 0.1) is 0 Å². The molecule has 0 unspecified atom stereocenters. The fraction of sp³-hybridized carbons (Fsp3) is 0.375. The summed E-state index contributed by atoms with van der Waals surface area (Å²) in [5.74, 6) is -0.371. The average molecular weight is 140 g/mol. The van der Waals surface area contributed by atoms with Gasteiger partial charge in [-0.25, -0.2) is 4.79 Å². The molecule has 0 aliphatic rings. The number of hydrogen-bond donors (Lipinski definition) is 0. The van der Waals surface area contributed by atoms with Crippen molar-refractivity contribution in [3.63, 3.8) is 0 Å². The minimum absolute atomic E-state index is 0.371. The van der Waals surface area contributed by atoms with Crippen molar-refractivity contribution in [2.24, 2.45) is 0 Å². The molecule has 0 amide bonds. The van der Waals surface area contributed by atoms with Gasteiger partial charge >= 0.3 is 5.97 Å². The predicted octanol–water partition coefficient (Wildman–Crippen LogP) is 1.68. The SMILES string of the molecule is C=C(/C=C/CC)C(=O)OC. The first-order valence-electron chi connectivity index (χ1n) is 3.16. The van der Waals surface area contributed by atoms with Crippen LogP contribution in [0.15, 0.2) is 24.3 Å². The van der Waals surface area contributed by atoms with E-state index in [2.05, 4.69) is 11.3 Å². The summed E-state index contributed by atoms with van der Waals surface area (Å²) >= 11 is 0. The fourth-order valence-electron chi connectivity index (χ4n) is 0.459. The molecule has 0 aromatic rings. The summed E-state index contributed by atoms with van der Waals surface area (Å²) in [4.78, 5) is 10.6. The van der Waals surface area contributed by atoms with E-state index in [0.717, 1.165) is 6.42 Å². The summed E-state index contributed by atoms with van der Waals surface area (Å²) in [5.41, 5.74) is 0.393. The highest BCUT2D eigenvalue weighted by molar-refractivity contribution is 5.90. The molecule has 0 N–H and O–H groups in total. The van der Waals surface area contributed by atoms with Crippen LogP contribution in [0.2, 0.25) is 0 Å². The van der Waals surface area contributed by atoms with Gasteiger partial charge in [-0.2, -0.15) is 0 Å². The summed E-state index contributed by atoms with van der Waals surface area (Å²) < 4.78 is 4.42. The van der Waals surface area contributed by atoms with Gasteiger partial charge < -0.3 is 4.74 Å². The monoisotopic (exact) mass is 140 g/mol. The van der Waals surface area contributed by atoms with Crippen LogP contribution in [0.25, 0.3) is 0 Å². The number of hydrogen-bond acceptors (Lipinski definition) is 2. The van der Waals surface area contributed by atoms with Crippen molar-refractivity contribution in [1.82, 2.24) is 0 Å². The third kappa shape index (κ3) is 3.07. The van der Waals surface area contributed by atoms with Crippen LogP contribution in [-0.2, 0) is 9.53 Å². The lowest BCUT2D eigenvalue weighted by Gasteiger charge is -1.94. The average Bonchev–Trinajstić information content (AvgIpc) is 1.98. The molecule has 0 spiro atoms. The molecule has 10 heavy (non-hydrogen) atoms. The van der Waals surface area contributed by atoms with Crippen LogP contribution in [-0.4, -0.2) is 13.1 Å². The zero-order valence-electron chi connectivity index (χ0n) is 6.39. The Balaban J connectivity index is 3.85.